The Labute approximate surface area is 182 Å². The van der Waals surface area contributed by atoms with Crippen molar-refractivity contribution in [2.24, 2.45) is 23.2 Å². The lowest BCUT2D eigenvalue weighted by Crippen LogP contribution is -2.41. The van der Waals surface area contributed by atoms with Gasteiger partial charge in [0.1, 0.15) is 6.61 Å². The zero-order valence-electron chi connectivity index (χ0n) is 18.8. The van der Waals surface area contributed by atoms with Crippen molar-refractivity contribution in [3.8, 4) is 11.8 Å². The highest BCUT2D eigenvalue weighted by atomic mass is 19.1. The van der Waals surface area contributed by atoms with Crippen LogP contribution in [0, 0.1) is 40.3 Å². The molecule has 0 saturated heterocycles. The third kappa shape index (κ3) is 5.26. The Kier molecular flexibility index (Phi) is 8.37. The van der Waals surface area contributed by atoms with Gasteiger partial charge in [0, 0.05) is 0 Å². The zero-order valence-corrected chi connectivity index (χ0v) is 18.8. The largest absolute Gasteiger partial charge is 0.486 e. The molecule has 0 atom stereocenters. The van der Waals surface area contributed by atoms with Gasteiger partial charge in [0.05, 0.1) is 11.6 Å². The van der Waals surface area contributed by atoms with Crippen molar-refractivity contribution in [3.63, 3.8) is 0 Å². The minimum absolute atomic E-state index is 0.215. The zero-order chi connectivity index (χ0) is 21.4. The van der Waals surface area contributed by atoms with Crippen molar-refractivity contribution < 1.29 is 9.13 Å². The Bertz CT molecular complexity index is 732. The fourth-order valence-corrected chi connectivity index (χ4v) is 6.42. The molecule has 1 aromatic carbocycles. The van der Waals surface area contributed by atoms with Crippen molar-refractivity contribution in [2.75, 3.05) is 6.61 Å². The molecule has 2 aliphatic rings. The summed E-state index contributed by atoms with van der Waals surface area (Å²) in [5, 5.41) is 8.82. The number of nitrogens with zero attached hydrogens (tertiary/aromatic N) is 1. The minimum atomic E-state index is -0.470. The number of nitriles is 1. The van der Waals surface area contributed by atoms with Crippen LogP contribution in [0.3, 0.4) is 0 Å². The topological polar surface area (TPSA) is 33.0 Å². The highest BCUT2D eigenvalue weighted by molar-refractivity contribution is 5.36. The molecule has 2 saturated carbocycles. The summed E-state index contributed by atoms with van der Waals surface area (Å²) in [6.07, 6.45) is 19.4. The van der Waals surface area contributed by atoms with Gasteiger partial charge in [-0.1, -0.05) is 58.1 Å². The van der Waals surface area contributed by atoms with E-state index in [4.69, 9.17) is 10.00 Å². The second-order valence-electron chi connectivity index (χ2n) is 9.42. The van der Waals surface area contributed by atoms with Gasteiger partial charge in [-0.25, -0.2) is 4.39 Å². The molecule has 164 valence electrons. The predicted octanol–water partition coefficient (Wildman–Crippen LogP) is 7.83. The molecule has 30 heavy (non-hydrogen) atoms. The van der Waals surface area contributed by atoms with Gasteiger partial charge in [-0.2, -0.15) is 5.26 Å². The van der Waals surface area contributed by atoms with E-state index >= 15 is 0 Å². The summed E-state index contributed by atoms with van der Waals surface area (Å²) in [6, 6.07) is 6.29. The molecule has 0 unspecified atom stereocenters. The summed E-state index contributed by atoms with van der Waals surface area (Å²) in [5.74, 6) is 2.16. The van der Waals surface area contributed by atoms with E-state index in [9.17, 15) is 4.39 Å². The standard InChI is InChI=1S/C27H38FNO/c1-3-23(4-2)27(16-6-5-7-17-27)24-13-10-21(11-14-24)9-8-18-30-26-15-12-22(20-29)19-25(26)28/h8-9,12,15,19,21,23-24H,3-7,10-11,13-14,16-18H2,1-2H3/b9-8+. The molecule has 2 aliphatic carbocycles. The summed E-state index contributed by atoms with van der Waals surface area (Å²) in [6.45, 7) is 5.17. The Morgan fingerprint density at radius 1 is 1.13 bits per heavy atom. The van der Waals surface area contributed by atoms with Crippen LogP contribution in [0.25, 0.3) is 0 Å². The summed E-state index contributed by atoms with van der Waals surface area (Å²) >= 11 is 0. The van der Waals surface area contributed by atoms with Crippen LogP contribution in [0.1, 0.15) is 90.0 Å². The SMILES string of the molecule is CCC(CC)C1(C2CCC(/C=C/COc3ccc(C#N)cc3F)CC2)CCCCC1. The molecule has 0 N–H and O–H groups in total. The quantitative estimate of drug-likeness (QED) is 0.408. The summed E-state index contributed by atoms with van der Waals surface area (Å²) in [5.41, 5.74) is 0.920. The smallest absolute Gasteiger partial charge is 0.166 e. The highest BCUT2D eigenvalue weighted by Crippen LogP contribution is 2.55. The molecule has 1 aromatic rings. The monoisotopic (exact) mass is 411 g/mol. The summed E-state index contributed by atoms with van der Waals surface area (Å²) < 4.78 is 19.4. The number of rotatable bonds is 8. The molecule has 0 bridgehead atoms. The third-order valence-electron chi connectivity index (χ3n) is 7.97. The van der Waals surface area contributed by atoms with E-state index in [-0.39, 0.29) is 5.75 Å². The van der Waals surface area contributed by atoms with Gasteiger partial charge in [-0.3, -0.25) is 0 Å². The van der Waals surface area contributed by atoms with Crippen LogP contribution in [0.2, 0.25) is 0 Å². The van der Waals surface area contributed by atoms with Gasteiger partial charge in [-0.05, 0) is 79.9 Å². The van der Waals surface area contributed by atoms with E-state index in [1.54, 1.807) is 6.07 Å². The number of ether oxygens (including phenoxy) is 1. The molecule has 0 heterocycles. The molecule has 3 rings (SSSR count). The van der Waals surface area contributed by atoms with Gasteiger partial charge in [0.25, 0.3) is 0 Å². The molecule has 0 amide bonds. The maximum atomic E-state index is 13.9. The Balaban J connectivity index is 1.50. The second kappa shape index (κ2) is 11.0. The summed E-state index contributed by atoms with van der Waals surface area (Å²) in [7, 11) is 0. The van der Waals surface area contributed by atoms with Crippen molar-refractivity contribution in [2.45, 2.75) is 84.5 Å². The average molecular weight is 412 g/mol. The first-order chi connectivity index (χ1) is 14.6. The Morgan fingerprint density at radius 2 is 1.83 bits per heavy atom. The normalized spacial score (nSPS) is 24.1. The van der Waals surface area contributed by atoms with Crippen molar-refractivity contribution >= 4 is 0 Å². The van der Waals surface area contributed by atoms with Gasteiger partial charge in [0.15, 0.2) is 11.6 Å². The van der Waals surface area contributed by atoms with Gasteiger partial charge in [0.2, 0.25) is 0 Å². The van der Waals surface area contributed by atoms with E-state index in [1.807, 2.05) is 12.1 Å². The van der Waals surface area contributed by atoms with Gasteiger partial charge >= 0.3 is 0 Å². The van der Waals surface area contributed by atoms with E-state index < -0.39 is 5.82 Å². The van der Waals surface area contributed by atoms with Crippen LogP contribution in [-0.4, -0.2) is 6.61 Å². The number of allylic oxidation sites excluding steroid dienone is 1. The van der Waals surface area contributed by atoms with Crippen LogP contribution in [0.4, 0.5) is 4.39 Å². The van der Waals surface area contributed by atoms with E-state index in [0.29, 0.717) is 23.5 Å². The second-order valence-corrected chi connectivity index (χ2v) is 9.42. The minimum Gasteiger partial charge on any atom is -0.486 e. The van der Waals surface area contributed by atoms with Crippen LogP contribution in [-0.2, 0) is 0 Å². The lowest BCUT2D eigenvalue weighted by Gasteiger charge is -2.51. The van der Waals surface area contributed by atoms with E-state index in [1.165, 1.54) is 82.8 Å². The molecular weight excluding hydrogens is 373 g/mol. The van der Waals surface area contributed by atoms with E-state index in [0.717, 1.165) is 11.8 Å². The van der Waals surface area contributed by atoms with Gasteiger partial charge in [-0.15, -0.1) is 0 Å². The highest BCUT2D eigenvalue weighted by Gasteiger charge is 2.44. The predicted molar refractivity (Wildman–Crippen MR) is 121 cm³/mol. The Hall–Kier alpha value is -1.82. The molecule has 0 spiro atoms. The lowest BCUT2D eigenvalue weighted by molar-refractivity contribution is -0.00440. The first-order valence-corrected chi connectivity index (χ1v) is 12.1. The van der Waals surface area contributed by atoms with Crippen LogP contribution in [0.5, 0.6) is 5.75 Å². The maximum Gasteiger partial charge on any atom is 0.166 e. The molecule has 0 aromatic heterocycles. The molecular formula is C27H38FNO. The molecule has 2 nitrogen and oxygen atoms in total. The average Bonchev–Trinajstić information content (AvgIpc) is 2.79. The molecule has 0 aliphatic heterocycles. The maximum absolute atomic E-state index is 13.9. The van der Waals surface area contributed by atoms with Crippen LogP contribution < -0.4 is 4.74 Å². The molecule has 2 fully saturated rings. The fourth-order valence-electron chi connectivity index (χ4n) is 6.42. The van der Waals surface area contributed by atoms with Crippen molar-refractivity contribution in [3.05, 3.63) is 41.7 Å². The molecule has 0 radical (unpaired) electrons. The first kappa shape index (κ1) is 22.9. The van der Waals surface area contributed by atoms with E-state index in [2.05, 4.69) is 19.9 Å². The van der Waals surface area contributed by atoms with Crippen molar-refractivity contribution in [1.82, 2.24) is 0 Å². The number of halogens is 1. The van der Waals surface area contributed by atoms with Crippen molar-refractivity contribution in [1.29, 1.82) is 5.26 Å². The summed E-state index contributed by atoms with van der Waals surface area (Å²) in [4.78, 5) is 0. The number of hydrogen-bond donors (Lipinski definition) is 0. The fraction of sp³-hybridized carbons (Fsp3) is 0.667. The third-order valence-corrected chi connectivity index (χ3v) is 7.97. The molecule has 3 heteroatoms. The Morgan fingerprint density at radius 3 is 2.43 bits per heavy atom. The lowest BCUT2D eigenvalue weighted by atomic mass is 9.54. The first-order valence-electron chi connectivity index (χ1n) is 12.1. The number of benzene rings is 1. The van der Waals surface area contributed by atoms with Crippen LogP contribution >= 0.6 is 0 Å². The van der Waals surface area contributed by atoms with Crippen LogP contribution in [0.15, 0.2) is 30.4 Å². The van der Waals surface area contributed by atoms with Gasteiger partial charge < -0.3 is 4.74 Å². The number of hydrogen-bond acceptors (Lipinski definition) is 2.